The first-order chi connectivity index (χ1) is 12.9. The summed E-state index contributed by atoms with van der Waals surface area (Å²) in [6.07, 6.45) is 0.204. The largest absolute Gasteiger partial charge is 0.332 e. The highest BCUT2D eigenvalue weighted by molar-refractivity contribution is 6.06. The molecule has 1 atom stereocenters. The number of anilines is 2. The molecule has 0 saturated carbocycles. The van der Waals surface area contributed by atoms with E-state index in [0.29, 0.717) is 16.9 Å². The lowest BCUT2D eigenvalue weighted by molar-refractivity contribution is -0.119. The van der Waals surface area contributed by atoms with Gasteiger partial charge in [-0.15, -0.1) is 0 Å². The Kier molecular flexibility index (Phi) is 5.26. The van der Waals surface area contributed by atoms with Crippen molar-refractivity contribution in [3.8, 4) is 0 Å². The van der Waals surface area contributed by atoms with Crippen LogP contribution >= 0.6 is 0 Å². The zero-order valence-corrected chi connectivity index (χ0v) is 15.7. The van der Waals surface area contributed by atoms with Gasteiger partial charge < -0.3 is 15.1 Å². The first kappa shape index (κ1) is 18.6. The molecule has 3 amide bonds. The quantitative estimate of drug-likeness (QED) is 0.909. The standard InChI is InChI=1S/C21H23N3O3/c1-14-8-10-16(11-9-14)21(27)23(3)13-20(26)24-15(2)12-19(25)22-17-6-4-5-7-18(17)24/h4-11,15H,12-13H2,1-3H3,(H,22,25). The SMILES string of the molecule is Cc1ccc(C(=O)N(C)CC(=O)N2c3ccccc3NC(=O)CC2C)cc1. The van der Waals surface area contributed by atoms with Crippen LogP contribution in [0.5, 0.6) is 0 Å². The van der Waals surface area contributed by atoms with Crippen molar-refractivity contribution in [3.05, 3.63) is 59.7 Å². The van der Waals surface area contributed by atoms with Gasteiger partial charge in [0.2, 0.25) is 11.8 Å². The highest BCUT2D eigenvalue weighted by atomic mass is 16.2. The first-order valence-electron chi connectivity index (χ1n) is 8.90. The van der Waals surface area contributed by atoms with Gasteiger partial charge in [0.05, 0.1) is 11.4 Å². The number of rotatable bonds is 3. The van der Waals surface area contributed by atoms with Crippen molar-refractivity contribution in [2.45, 2.75) is 26.3 Å². The molecule has 0 radical (unpaired) electrons. The van der Waals surface area contributed by atoms with Crippen molar-refractivity contribution in [2.75, 3.05) is 23.8 Å². The highest BCUT2D eigenvalue weighted by Gasteiger charge is 2.30. The number of fused-ring (bicyclic) bond motifs is 1. The van der Waals surface area contributed by atoms with Crippen LogP contribution in [0, 0.1) is 6.92 Å². The van der Waals surface area contributed by atoms with Gasteiger partial charge in [0.25, 0.3) is 5.91 Å². The lowest BCUT2D eigenvalue weighted by Gasteiger charge is -2.29. The number of hydrogen-bond acceptors (Lipinski definition) is 3. The minimum Gasteiger partial charge on any atom is -0.332 e. The number of benzene rings is 2. The minimum absolute atomic E-state index is 0.0699. The Balaban J connectivity index is 1.81. The van der Waals surface area contributed by atoms with E-state index in [9.17, 15) is 14.4 Å². The van der Waals surface area contributed by atoms with E-state index in [4.69, 9.17) is 0 Å². The number of para-hydroxylation sites is 2. The molecule has 1 heterocycles. The number of amides is 3. The molecule has 6 heteroatoms. The molecular weight excluding hydrogens is 342 g/mol. The molecule has 3 rings (SSSR count). The molecule has 1 aliphatic heterocycles. The van der Waals surface area contributed by atoms with E-state index in [0.717, 1.165) is 5.56 Å². The number of carbonyl (C=O) groups is 3. The van der Waals surface area contributed by atoms with Crippen molar-refractivity contribution in [1.29, 1.82) is 0 Å². The maximum atomic E-state index is 13.0. The van der Waals surface area contributed by atoms with Gasteiger partial charge in [0.1, 0.15) is 6.54 Å². The van der Waals surface area contributed by atoms with Crippen LogP contribution in [-0.4, -0.2) is 42.3 Å². The average Bonchev–Trinajstić information content (AvgIpc) is 2.75. The Morgan fingerprint density at radius 3 is 2.52 bits per heavy atom. The van der Waals surface area contributed by atoms with Gasteiger partial charge in [-0.2, -0.15) is 0 Å². The van der Waals surface area contributed by atoms with E-state index in [-0.39, 0.29) is 36.7 Å². The summed E-state index contributed by atoms with van der Waals surface area (Å²) in [4.78, 5) is 40.7. The molecular formula is C21H23N3O3. The van der Waals surface area contributed by atoms with Gasteiger partial charge in [0, 0.05) is 25.1 Å². The second-order valence-corrected chi connectivity index (χ2v) is 6.91. The Bertz CT molecular complexity index is 876. The minimum atomic E-state index is -0.302. The normalized spacial score (nSPS) is 16.2. The molecule has 1 unspecified atom stereocenters. The van der Waals surface area contributed by atoms with Crippen LogP contribution < -0.4 is 10.2 Å². The molecule has 0 aliphatic carbocycles. The molecule has 0 aromatic heterocycles. The Morgan fingerprint density at radius 2 is 1.81 bits per heavy atom. The molecule has 0 spiro atoms. The number of carbonyl (C=O) groups excluding carboxylic acids is 3. The Labute approximate surface area is 158 Å². The smallest absolute Gasteiger partial charge is 0.254 e. The van der Waals surface area contributed by atoms with Gasteiger partial charge in [-0.05, 0) is 38.1 Å². The third-order valence-corrected chi connectivity index (χ3v) is 4.65. The van der Waals surface area contributed by atoms with Crippen LogP contribution in [0.1, 0.15) is 29.3 Å². The Hall–Kier alpha value is -3.15. The second kappa shape index (κ2) is 7.61. The zero-order chi connectivity index (χ0) is 19.6. The van der Waals surface area contributed by atoms with Crippen molar-refractivity contribution in [2.24, 2.45) is 0 Å². The molecule has 0 bridgehead atoms. The van der Waals surface area contributed by atoms with E-state index in [1.807, 2.05) is 38.1 Å². The first-order valence-corrected chi connectivity index (χ1v) is 8.90. The van der Waals surface area contributed by atoms with E-state index in [1.54, 1.807) is 36.2 Å². The van der Waals surface area contributed by atoms with Gasteiger partial charge >= 0.3 is 0 Å². The fourth-order valence-corrected chi connectivity index (χ4v) is 3.24. The number of likely N-dealkylation sites (N-methyl/N-ethyl adjacent to an activating group) is 1. The molecule has 6 nitrogen and oxygen atoms in total. The summed E-state index contributed by atoms with van der Waals surface area (Å²) >= 11 is 0. The molecule has 2 aromatic rings. The predicted octanol–water partition coefficient (Wildman–Crippen LogP) is 2.83. The summed E-state index contributed by atoms with van der Waals surface area (Å²) in [5.41, 5.74) is 2.86. The van der Waals surface area contributed by atoms with Crippen molar-refractivity contribution < 1.29 is 14.4 Å². The summed E-state index contributed by atoms with van der Waals surface area (Å²) in [5, 5.41) is 2.83. The number of nitrogens with one attached hydrogen (secondary N) is 1. The van der Waals surface area contributed by atoms with Crippen molar-refractivity contribution in [1.82, 2.24) is 4.90 Å². The maximum Gasteiger partial charge on any atom is 0.254 e. The van der Waals surface area contributed by atoms with Crippen LogP contribution in [0.15, 0.2) is 48.5 Å². The predicted molar refractivity (Wildman–Crippen MR) is 105 cm³/mol. The molecule has 0 saturated heterocycles. The van der Waals surface area contributed by atoms with Gasteiger partial charge in [0.15, 0.2) is 0 Å². The average molecular weight is 365 g/mol. The van der Waals surface area contributed by atoms with E-state index < -0.39 is 0 Å². The highest BCUT2D eigenvalue weighted by Crippen LogP contribution is 2.31. The number of hydrogen-bond donors (Lipinski definition) is 1. The molecule has 1 N–H and O–H groups in total. The van der Waals surface area contributed by atoms with Gasteiger partial charge in [-0.25, -0.2) is 0 Å². The summed E-state index contributed by atoms with van der Waals surface area (Å²) in [6.45, 7) is 3.72. The van der Waals surface area contributed by atoms with Crippen molar-refractivity contribution in [3.63, 3.8) is 0 Å². The zero-order valence-electron chi connectivity index (χ0n) is 15.7. The lowest BCUT2D eigenvalue weighted by Crippen LogP contribution is -2.45. The van der Waals surface area contributed by atoms with Crippen LogP contribution in [0.4, 0.5) is 11.4 Å². The fraction of sp³-hybridized carbons (Fsp3) is 0.286. The second-order valence-electron chi connectivity index (χ2n) is 6.91. The van der Waals surface area contributed by atoms with Crippen LogP contribution in [0.25, 0.3) is 0 Å². The van der Waals surface area contributed by atoms with Crippen LogP contribution in [-0.2, 0) is 9.59 Å². The van der Waals surface area contributed by atoms with Gasteiger partial charge in [-0.1, -0.05) is 29.8 Å². The third kappa shape index (κ3) is 4.00. The number of aryl methyl sites for hydroxylation is 1. The van der Waals surface area contributed by atoms with Crippen LogP contribution in [0.3, 0.4) is 0 Å². The van der Waals surface area contributed by atoms with E-state index in [2.05, 4.69) is 5.32 Å². The lowest BCUT2D eigenvalue weighted by atomic mass is 10.1. The topological polar surface area (TPSA) is 69.7 Å². The molecule has 140 valence electrons. The summed E-state index contributed by atoms with van der Waals surface area (Å²) in [5.74, 6) is -0.572. The molecule has 1 aliphatic rings. The number of nitrogens with zero attached hydrogens (tertiary/aromatic N) is 2. The van der Waals surface area contributed by atoms with Crippen molar-refractivity contribution >= 4 is 29.1 Å². The van der Waals surface area contributed by atoms with Crippen LogP contribution in [0.2, 0.25) is 0 Å². The molecule has 27 heavy (non-hydrogen) atoms. The van der Waals surface area contributed by atoms with E-state index >= 15 is 0 Å². The molecule has 0 fully saturated rings. The monoisotopic (exact) mass is 365 g/mol. The summed E-state index contributed by atoms with van der Waals surface area (Å²) in [6, 6.07) is 14.2. The summed E-state index contributed by atoms with van der Waals surface area (Å²) in [7, 11) is 1.61. The fourth-order valence-electron chi connectivity index (χ4n) is 3.24. The van der Waals surface area contributed by atoms with Gasteiger partial charge in [-0.3, -0.25) is 14.4 Å². The maximum absolute atomic E-state index is 13.0. The third-order valence-electron chi connectivity index (χ3n) is 4.65. The Morgan fingerprint density at radius 1 is 1.15 bits per heavy atom. The molecule has 2 aromatic carbocycles. The van der Waals surface area contributed by atoms with E-state index in [1.165, 1.54) is 4.90 Å². The summed E-state index contributed by atoms with van der Waals surface area (Å²) < 4.78 is 0.